The molecule has 220 valence electrons. The van der Waals surface area contributed by atoms with Crippen LogP contribution in [-0.4, -0.2) is 33.6 Å². The van der Waals surface area contributed by atoms with Crippen LogP contribution in [0.3, 0.4) is 0 Å². The zero-order valence-electron chi connectivity index (χ0n) is 24.5. The predicted octanol–water partition coefficient (Wildman–Crippen LogP) is 8.42. The minimum absolute atomic E-state index is 0.228. The number of hydrogen-bond donors (Lipinski definition) is 3. The van der Waals surface area contributed by atoms with E-state index in [-0.39, 0.29) is 11.7 Å². The van der Waals surface area contributed by atoms with Crippen LogP contribution in [0.1, 0.15) is 50.2 Å². The summed E-state index contributed by atoms with van der Waals surface area (Å²) in [4.78, 5) is 28.2. The first-order valence-corrected chi connectivity index (χ1v) is 14.5. The van der Waals surface area contributed by atoms with E-state index >= 15 is 0 Å². The second-order valence-electron chi connectivity index (χ2n) is 10.3. The number of rotatable bonds is 9. The maximum absolute atomic E-state index is 11.7. The molecule has 6 rings (SSSR count). The molecular formula is C38H34N2O4. The molecule has 0 fully saturated rings. The van der Waals surface area contributed by atoms with Crippen LogP contribution in [0, 0.1) is 0 Å². The number of H-pyrrole nitrogens is 2. The molecule has 0 spiro atoms. The van der Waals surface area contributed by atoms with Crippen molar-refractivity contribution in [3.8, 4) is 22.3 Å². The molecule has 0 amide bonds. The topological polar surface area (TPSA) is 95.2 Å². The third kappa shape index (κ3) is 8.01. The number of esters is 1. The second kappa shape index (κ2) is 14.5. The summed E-state index contributed by atoms with van der Waals surface area (Å²) in [5.41, 5.74) is 9.93. The average molecular weight is 583 g/mol. The first-order valence-electron chi connectivity index (χ1n) is 14.5. The molecule has 0 unspecified atom stereocenters. The molecule has 0 aliphatic rings. The minimum atomic E-state index is -0.930. The lowest BCUT2D eigenvalue weighted by atomic mass is 10.0. The van der Waals surface area contributed by atoms with Gasteiger partial charge in [-0.25, -0.2) is 9.59 Å². The van der Waals surface area contributed by atoms with Gasteiger partial charge in [0.1, 0.15) is 11.4 Å². The van der Waals surface area contributed by atoms with Crippen LogP contribution in [-0.2, 0) is 17.6 Å². The summed E-state index contributed by atoms with van der Waals surface area (Å²) in [5, 5.41) is 8.90. The number of carboxylic acids is 1. The summed E-state index contributed by atoms with van der Waals surface area (Å²) in [7, 11) is 0. The van der Waals surface area contributed by atoms with Crippen molar-refractivity contribution in [2.24, 2.45) is 0 Å². The number of carbonyl (C=O) groups excluding carboxylic acids is 1. The molecule has 2 aromatic heterocycles. The number of ether oxygens (including phenoxy) is 1. The van der Waals surface area contributed by atoms with E-state index in [0.29, 0.717) is 12.3 Å². The van der Waals surface area contributed by atoms with Crippen molar-refractivity contribution in [1.29, 1.82) is 0 Å². The van der Waals surface area contributed by atoms with E-state index in [1.807, 2.05) is 48.7 Å². The van der Waals surface area contributed by atoms with Gasteiger partial charge >= 0.3 is 11.9 Å². The van der Waals surface area contributed by atoms with Gasteiger partial charge in [0, 0.05) is 12.4 Å². The molecule has 6 aromatic rings. The van der Waals surface area contributed by atoms with Gasteiger partial charge in [-0.1, -0.05) is 109 Å². The molecule has 6 heteroatoms. The fourth-order valence-electron chi connectivity index (χ4n) is 4.90. The maximum Gasteiger partial charge on any atom is 0.354 e. The summed E-state index contributed by atoms with van der Waals surface area (Å²) in [5.74, 6) is -1.24. The highest BCUT2D eigenvalue weighted by Gasteiger charge is 2.10. The maximum atomic E-state index is 11.7. The van der Waals surface area contributed by atoms with Crippen molar-refractivity contribution in [2.45, 2.75) is 19.8 Å². The van der Waals surface area contributed by atoms with E-state index in [2.05, 4.69) is 82.8 Å². The molecule has 2 heterocycles. The molecular weight excluding hydrogens is 548 g/mol. The highest BCUT2D eigenvalue weighted by Crippen LogP contribution is 2.22. The summed E-state index contributed by atoms with van der Waals surface area (Å²) >= 11 is 0. The van der Waals surface area contributed by atoms with Gasteiger partial charge in [0.15, 0.2) is 0 Å². The number of aromatic carboxylic acids is 1. The SMILES string of the molecule is CCOC(=O)c1cc(Cc2ccc(-c3ccccc3)cc2)c[nH]1.O=C(O)c1cc(Cc2ccc(-c3ccccc3)cc2)c[nH]1. The minimum Gasteiger partial charge on any atom is -0.477 e. The van der Waals surface area contributed by atoms with E-state index in [4.69, 9.17) is 9.84 Å². The van der Waals surface area contributed by atoms with Crippen LogP contribution in [0.25, 0.3) is 22.3 Å². The Morgan fingerprint density at radius 3 is 1.39 bits per heavy atom. The van der Waals surface area contributed by atoms with Gasteiger partial charge in [-0.15, -0.1) is 0 Å². The molecule has 6 nitrogen and oxygen atoms in total. The van der Waals surface area contributed by atoms with E-state index < -0.39 is 5.97 Å². The Bertz CT molecular complexity index is 1790. The molecule has 0 atom stereocenters. The number of nitrogens with one attached hydrogen (secondary N) is 2. The summed E-state index contributed by atoms with van der Waals surface area (Å²) in [6, 6.07) is 40.9. The Morgan fingerprint density at radius 1 is 0.568 bits per heavy atom. The van der Waals surface area contributed by atoms with E-state index in [1.54, 1.807) is 19.2 Å². The molecule has 0 radical (unpaired) electrons. The second-order valence-corrected chi connectivity index (χ2v) is 10.3. The van der Waals surface area contributed by atoms with Crippen molar-refractivity contribution in [3.63, 3.8) is 0 Å². The largest absolute Gasteiger partial charge is 0.477 e. The van der Waals surface area contributed by atoms with Crippen LogP contribution < -0.4 is 0 Å². The van der Waals surface area contributed by atoms with Crippen molar-refractivity contribution in [1.82, 2.24) is 9.97 Å². The number of aromatic nitrogens is 2. The van der Waals surface area contributed by atoms with Gasteiger partial charge < -0.3 is 19.8 Å². The lowest BCUT2D eigenvalue weighted by molar-refractivity contribution is 0.0519. The Morgan fingerprint density at radius 2 is 0.977 bits per heavy atom. The van der Waals surface area contributed by atoms with Gasteiger partial charge in [0.2, 0.25) is 0 Å². The number of carbonyl (C=O) groups is 2. The van der Waals surface area contributed by atoms with E-state index in [9.17, 15) is 9.59 Å². The van der Waals surface area contributed by atoms with E-state index in [1.165, 1.54) is 27.8 Å². The number of carboxylic acid groups (broad SMARTS) is 1. The fraction of sp³-hybridized carbons (Fsp3) is 0.105. The molecule has 44 heavy (non-hydrogen) atoms. The first kappa shape index (κ1) is 29.9. The Hall–Kier alpha value is -5.62. The molecule has 4 aromatic carbocycles. The normalized spacial score (nSPS) is 10.5. The monoisotopic (exact) mass is 582 g/mol. The number of aromatic amines is 2. The summed E-state index contributed by atoms with van der Waals surface area (Å²) in [6.45, 7) is 2.18. The molecule has 3 N–H and O–H groups in total. The first-order chi connectivity index (χ1) is 21.5. The van der Waals surface area contributed by atoms with Crippen molar-refractivity contribution >= 4 is 11.9 Å². The Labute approximate surface area is 257 Å². The van der Waals surface area contributed by atoms with Crippen LogP contribution >= 0.6 is 0 Å². The highest BCUT2D eigenvalue weighted by molar-refractivity contribution is 5.87. The quantitative estimate of drug-likeness (QED) is 0.149. The zero-order valence-corrected chi connectivity index (χ0v) is 24.5. The Kier molecular flexibility index (Phi) is 9.85. The summed E-state index contributed by atoms with van der Waals surface area (Å²) < 4.78 is 4.99. The standard InChI is InChI=1S/C20H19NO2.C18H15NO2/c1-2-23-20(22)19-13-16(14-21-19)12-15-8-10-18(11-9-15)17-6-4-3-5-7-17;20-18(21)17-11-14(12-19-17)10-13-6-8-16(9-7-13)15-4-2-1-3-5-15/h3-11,13-14,21H,2,12H2,1H3;1-9,11-12,19H,10H2,(H,20,21). The van der Waals surface area contributed by atoms with Gasteiger partial charge in [0.05, 0.1) is 6.61 Å². The van der Waals surface area contributed by atoms with Gasteiger partial charge in [-0.05, 0) is 76.4 Å². The zero-order chi connectivity index (χ0) is 30.7. The fourth-order valence-corrected chi connectivity index (χ4v) is 4.90. The highest BCUT2D eigenvalue weighted by atomic mass is 16.5. The van der Waals surface area contributed by atoms with Crippen LogP contribution in [0.15, 0.2) is 134 Å². The lowest BCUT2D eigenvalue weighted by Gasteiger charge is -2.04. The molecule has 0 saturated heterocycles. The Balaban J connectivity index is 0.000000175. The molecule has 0 bridgehead atoms. The van der Waals surface area contributed by atoms with Crippen molar-refractivity contribution < 1.29 is 19.4 Å². The number of benzene rings is 4. The number of hydrogen-bond acceptors (Lipinski definition) is 3. The third-order valence-corrected chi connectivity index (χ3v) is 7.15. The smallest absolute Gasteiger partial charge is 0.354 e. The van der Waals surface area contributed by atoms with Crippen LogP contribution in [0.2, 0.25) is 0 Å². The van der Waals surface area contributed by atoms with Crippen LogP contribution in [0.5, 0.6) is 0 Å². The molecule has 0 saturated carbocycles. The predicted molar refractivity (Wildman–Crippen MR) is 174 cm³/mol. The van der Waals surface area contributed by atoms with Gasteiger partial charge in [-0.3, -0.25) is 0 Å². The summed E-state index contributed by atoms with van der Waals surface area (Å²) in [6.07, 6.45) is 5.11. The van der Waals surface area contributed by atoms with E-state index in [0.717, 1.165) is 29.5 Å². The third-order valence-electron chi connectivity index (χ3n) is 7.15. The van der Waals surface area contributed by atoms with Crippen molar-refractivity contribution in [3.05, 3.63) is 167 Å². The lowest BCUT2D eigenvalue weighted by Crippen LogP contribution is -2.04. The molecule has 0 aliphatic carbocycles. The van der Waals surface area contributed by atoms with Gasteiger partial charge in [-0.2, -0.15) is 0 Å². The molecule has 0 aliphatic heterocycles. The van der Waals surface area contributed by atoms with Gasteiger partial charge in [0.25, 0.3) is 0 Å². The van der Waals surface area contributed by atoms with Crippen LogP contribution in [0.4, 0.5) is 0 Å². The average Bonchev–Trinajstić information content (AvgIpc) is 3.74. The van der Waals surface area contributed by atoms with Crippen molar-refractivity contribution in [2.75, 3.05) is 6.61 Å².